The van der Waals surface area contributed by atoms with Crippen LogP contribution in [0.3, 0.4) is 0 Å². The van der Waals surface area contributed by atoms with Gasteiger partial charge in [-0.3, -0.25) is 0 Å². The summed E-state index contributed by atoms with van der Waals surface area (Å²) in [6.45, 7) is 1.46. The van der Waals surface area contributed by atoms with Crippen LogP contribution in [0.2, 0.25) is 0 Å². The van der Waals surface area contributed by atoms with E-state index in [0.717, 1.165) is 0 Å². The minimum Gasteiger partial charge on any atom is -0.458 e. The highest BCUT2D eigenvalue weighted by Gasteiger charge is 2.08. The molecule has 0 aliphatic heterocycles. The van der Waals surface area contributed by atoms with Gasteiger partial charge in [0.15, 0.2) is 0 Å². The molecule has 1 heterocycles. The summed E-state index contributed by atoms with van der Waals surface area (Å²) in [5.41, 5.74) is -0.0349. The molecule has 1 atom stereocenters. The maximum absolute atomic E-state index is 13.3. The first-order chi connectivity index (χ1) is 7.43. The van der Waals surface area contributed by atoms with E-state index in [1.807, 2.05) is 0 Å². The van der Waals surface area contributed by atoms with Gasteiger partial charge < -0.3 is 9.52 Å². The zero-order chi connectivity index (χ0) is 12.0. The molecule has 0 aliphatic carbocycles. The zero-order valence-corrected chi connectivity index (χ0v) is 6.89. The molecule has 0 saturated carbocycles. The van der Waals surface area contributed by atoms with Crippen LogP contribution in [-0.4, -0.2) is 5.11 Å². The Balaban J connectivity index is 2.86. The van der Waals surface area contributed by atoms with Gasteiger partial charge in [-0.1, -0.05) is 0 Å². The first-order valence-corrected chi connectivity index (χ1v) is 3.80. The molecule has 3 heteroatoms. The molecule has 0 saturated heterocycles. The van der Waals surface area contributed by atoms with Gasteiger partial charge in [-0.15, -0.1) is 0 Å². The quantitative estimate of drug-likeness (QED) is 0.737. The van der Waals surface area contributed by atoms with E-state index in [4.69, 9.17) is 8.53 Å². The Morgan fingerprint density at radius 2 is 2.38 bits per heavy atom. The van der Waals surface area contributed by atoms with Crippen molar-refractivity contribution in [2.45, 2.75) is 13.0 Å². The summed E-state index contributed by atoms with van der Waals surface area (Å²) < 4.78 is 40.7. The lowest BCUT2D eigenvalue weighted by molar-refractivity contribution is 0.172. The second kappa shape index (κ2) is 2.85. The first kappa shape index (κ1) is 5.40. The smallest absolute Gasteiger partial charge is 0.134 e. The molecule has 0 aliphatic rings. The van der Waals surface area contributed by atoms with Crippen LogP contribution in [0.15, 0.2) is 28.6 Å². The maximum Gasteiger partial charge on any atom is 0.134 e. The molecule has 1 unspecified atom stereocenters. The van der Waals surface area contributed by atoms with Crippen LogP contribution < -0.4 is 0 Å². The fourth-order valence-electron chi connectivity index (χ4n) is 1.06. The maximum atomic E-state index is 13.3. The standard InChI is InChI=1S/C10H9FO2/c1-6(12)10-5-7-4-8(11)2-3-9(7)13-10/h2-6,12H,1H3/i2D,3D,4D. The van der Waals surface area contributed by atoms with Crippen molar-refractivity contribution in [3.8, 4) is 0 Å². The zero-order valence-electron chi connectivity index (χ0n) is 9.89. The number of benzene rings is 1. The average molecular weight is 183 g/mol. The summed E-state index contributed by atoms with van der Waals surface area (Å²) in [4.78, 5) is 0. The molecule has 2 aromatic rings. The molecule has 2 rings (SSSR count). The average Bonchev–Trinajstić information content (AvgIpc) is 2.68. The lowest BCUT2D eigenvalue weighted by atomic mass is 10.2. The van der Waals surface area contributed by atoms with Gasteiger partial charge >= 0.3 is 0 Å². The van der Waals surface area contributed by atoms with Crippen molar-refractivity contribution in [3.63, 3.8) is 0 Å². The summed E-state index contributed by atoms with van der Waals surface area (Å²) in [6.07, 6.45) is -0.900. The van der Waals surface area contributed by atoms with Crippen molar-refractivity contribution in [3.05, 3.63) is 35.8 Å². The van der Waals surface area contributed by atoms with E-state index in [2.05, 4.69) is 0 Å². The van der Waals surface area contributed by atoms with Crippen molar-refractivity contribution in [2.75, 3.05) is 0 Å². The second-order valence-electron chi connectivity index (χ2n) is 2.76. The van der Waals surface area contributed by atoms with Gasteiger partial charge in [-0.05, 0) is 31.1 Å². The molecule has 1 aromatic heterocycles. The predicted octanol–water partition coefficient (Wildman–Crippen LogP) is 2.63. The van der Waals surface area contributed by atoms with Crippen LogP contribution in [0.5, 0.6) is 0 Å². The van der Waals surface area contributed by atoms with Crippen molar-refractivity contribution in [1.82, 2.24) is 0 Å². The van der Waals surface area contributed by atoms with Crippen molar-refractivity contribution < 1.29 is 18.0 Å². The summed E-state index contributed by atoms with van der Waals surface area (Å²) in [5, 5.41) is 9.39. The van der Waals surface area contributed by atoms with E-state index >= 15 is 0 Å². The number of fused-ring (bicyclic) bond motifs is 1. The fraction of sp³-hybridized carbons (Fsp3) is 0.200. The first-order valence-electron chi connectivity index (χ1n) is 5.30. The summed E-state index contributed by atoms with van der Waals surface area (Å²) >= 11 is 0. The van der Waals surface area contributed by atoms with Gasteiger partial charge in [0.05, 0.1) is 4.11 Å². The van der Waals surface area contributed by atoms with Crippen molar-refractivity contribution in [2.24, 2.45) is 0 Å². The Morgan fingerprint density at radius 1 is 1.62 bits per heavy atom. The molecule has 0 spiro atoms. The highest BCUT2D eigenvalue weighted by Crippen LogP contribution is 2.24. The minimum atomic E-state index is -1.05. The van der Waals surface area contributed by atoms with Gasteiger partial charge in [-0.2, -0.15) is 0 Å². The van der Waals surface area contributed by atoms with Crippen molar-refractivity contribution >= 4 is 11.0 Å². The Bertz CT molecular complexity index is 518. The Morgan fingerprint density at radius 3 is 3.08 bits per heavy atom. The second-order valence-corrected chi connectivity index (χ2v) is 2.76. The molecular weight excluding hydrogens is 171 g/mol. The number of rotatable bonds is 1. The number of hydrogen-bond acceptors (Lipinski definition) is 2. The Kier molecular flexibility index (Phi) is 1.18. The fourth-order valence-corrected chi connectivity index (χ4v) is 1.06. The van der Waals surface area contributed by atoms with Gasteiger partial charge in [0.2, 0.25) is 0 Å². The molecule has 0 radical (unpaired) electrons. The molecule has 1 aromatic carbocycles. The molecule has 68 valence electrons. The third-order valence-corrected chi connectivity index (χ3v) is 1.69. The molecule has 0 bridgehead atoms. The van der Waals surface area contributed by atoms with Crippen LogP contribution in [0.25, 0.3) is 11.0 Å². The predicted molar refractivity (Wildman–Crippen MR) is 46.8 cm³/mol. The van der Waals surface area contributed by atoms with E-state index in [9.17, 15) is 9.50 Å². The van der Waals surface area contributed by atoms with Gasteiger partial charge in [0.1, 0.15) is 23.3 Å². The van der Waals surface area contributed by atoms with Crippen LogP contribution in [-0.2, 0) is 0 Å². The topological polar surface area (TPSA) is 33.4 Å². The normalized spacial score (nSPS) is 16.7. The summed E-state index contributed by atoms with van der Waals surface area (Å²) in [6, 6.07) is -0.228. The van der Waals surface area contributed by atoms with Crippen LogP contribution in [0, 0.1) is 5.82 Å². The molecule has 1 N–H and O–H groups in total. The molecule has 0 amide bonds. The Labute approximate surface area is 78.8 Å². The van der Waals surface area contributed by atoms with Gasteiger partial charge in [0, 0.05) is 5.39 Å². The highest BCUT2D eigenvalue weighted by molar-refractivity contribution is 5.77. The monoisotopic (exact) mass is 183 g/mol. The van der Waals surface area contributed by atoms with Crippen molar-refractivity contribution in [1.29, 1.82) is 0 Å². The van der Waals surface area contributed by atoms with E-state index in [0.29, 0.717) is 0 Å². The molecule has 13 heavy (non-hydrogen) atoms. The number of hydrogen-bond donors (Lipinski definition) is 1. The Hall–Kier alpha value is -1.35. The summed E-state index contributed by atoms with van der Waals surface area (Å²) in [5.74, 6) is -0.891. The molecule has 0 fully saturated rings. The van der Waals surface area contributed by atoms with Crippen LogP contribution in [0.1, 0.15) is 22.9 Å². The lowest BCUT2D eigenvalue weighted by Gasteiger charge is -1.95. The van der Waals surface area contributed by atoms with Crippen LogP contribution in [0.4, 0.5) is 4.39 Å². The van der Waals surface area contributed by atoms with E-state index in [-0.39, 0.29) is 16.7 Å². The number of halogens is 1. The molecular formula is C10H9FO2. The highest BCUT2D eigenvalue weighted by atomic mass is 19.1. The van der Waals surface area contributed by atoms with E-state index < -0.39 is 30.0 Å². The van der Waals surface area contributed by atoms with Gasteiger partial charge in [0.25, 0.3) is 0 Å². The van der Waals surface area contributed by atoms with E-state index in [1.165, 1.54) is 13.0 Å². The number of furan rings is 1. The van der Waals surface area contributed by atoms with Gasteiger partial charge in [-0.25, -0.2) is 4.39 Å². The minimum absolute atomic E-state index is 0.0349. The number of aliphatic hydroxyl groups excluding tert-OH is 1. The SMILES string of the molecule is [2H]c1c(F)c([2H])c2cc(C(C)O)oc2c1[2H]. The largest absolute Gasteiger partial charge is 0.458 e. The third kappa shape index (κ3) is 1.42. The van der Waals surface area contributed by atoms with Crippen LogP contribution >= 0.6 is 0 Å². The van der Waals surface area contributed by atoms with E-state index in [1.54, 1.807) is 0 Å². The number of aliphatic hydroxyl groups is 1. The third-order valence-electron chi connectivity index (χ3n) is 1.69. The lowest BCUT2D eigenvalue weighted by Crippen LogP contribution is -1.85. The molecule has 2 nitrogen and oxygen atoms in total. The summed E-state index contributed by atoms with van der Waals surface area (Å²) in [7, 11) is 0.